The first-order chi connectivity index (χ1) is 10.4. The number of benzene rings is 1. The lowest BCUT2D eigenvalue weighted by atomic mass is 10.2. The molecule has 22 heavy (non-hydrogen) atoms. The van der Waals surface area contributed by atoms with Gasteiger partial charge in [0.2, 0.25) is 10.0 Å². The lowest BCUT2D eigenvalue weighted by molar-refractivity contribution is 0.0393. The molecule has 0 bridgehead atoms. The monoisotopic (exact) mass is 346 g/mol. The highest BCUT2D eigenvalue weighted by atomic mass is 35.5. The maximum atomic E-state index is 12.3. The molecule has 122 valence electrons. The molecule has 0 radical (unpaired) electrons. The van der Waals surface area contributed by atoms with E-state index in [2.05, 4.69) is 5.32 Å². The molecular weight excluding hydrogens is 328 g/mol. The Morgan fingerprint density at radius 1 is 1.41 bits per heavy atom. The summed E-state index contributed by atoms with van der Waals surface area (Å²) in [5, 5.41) is 3.15. The van der Waals surface area contributed by atoms with Crippen molar-refractivity contribution < 1.29 is 17.9 Å². The minimum Gasteiger partial charge on any atom is -0.378 e. The summed E-state index contributed by atoms with van der Waals surface area (Å²) < 4.78 is 31.2. The number of halogens is 1. The summed E-state index contributed by atoms with van der Waals surface area (Å²) in [7, 11) is -3.40. The second-order valence-corrected chi connectivity index (χ2v) is 7.59. The summed E-state index contributed by atoms with van der Waals surface area (Å²) in [5.41, 5.74) is 0.446. The highest BCUT2D eigenvalue weighted by molar-refractivity contribution is 7.89. The second-order valence-electron chi connectivity index (χ2n) is 5.11. The highest BCUT2D eigenvalue weighted by Gasteiger charge is 2.29. The van der Waals surface area contributed by atoms with Crippen molar-refractivity contribution in [3.63, 3.8) is 0 Å². The van der Waals surface area contributed by atoms with E-state index in [0.29, 0.717) is 30.3 Å². The molecule has 1 atom stereocenters. The fourth-order valence-electron chi connectivity index (χ4n) is 2.24. The Labute approximate surface area is 135 Å². The summed E-state index contributed by atoms with van der Waals surface area (Å²) in [6.07, 6.45) is 0. The molecule has 1 aromatic carbocycles. The number of hydrogen-bond donors (Lipinski definition) is 1. The zero-order chi connectivity index (χ0) is 16.2. The van der Waals surface area contributed by atoms with E-state index in [-0.39, 0.29) is 24.2 Å². The molecule has 1 saturated heterocycles. The number of rotatable bonds is 5. The van der Waals surface area contributed by atoms with Crippen molar-refractivity contribution in [1.82, 2.24) is 9.62 Å². The van der Waals surface area contributed by atoms with E-state index >= 15 is 0 Å². The fraction of sp³-hybridized carbons (Fsp3) is 0.500. The van der Waals surface area contributed by atoms with Gasteiger partial charge in [-0.2, -0.15) is 4.31 Å². The quantitative estimate of drug-likeness (QED) is 0.867. The molecule has 1 aliphatic rings. The lowest BCUT2D eigenvalue weighted by Crippen LogP contribution is -2.49. The van der Waals surface area contributed by atoms with Gasteiger partial charge < -0.3 is 10.1 Å². The van der Waals surface area contributed by atoms with Gasteiger partial charge in [0.25, 0.3) is 5.91 Å². The molecule has 0 aromatic heterocycles. The number of nitrogens with zero attached hydrogens (tertiary/aromatic N) is 1. The van der Waals surface area contributed by atoms with E-state index in [1.165, 1.54) is 4.31 Å². The maximum Gasteiger partial charge on any atom is 0.251 e. The van der Waals surface area contributed by atoms with Crippen LogP contribution in [-0.2, 0) is 14.8 Å². The van der Waals surface area contributed by atoms with Crippen molar-refractivity contribution in [3.05, 3.63) is 34.9 Å². The minimum atomic E-state index is -3.40. The maximum absolute atomic E-state index is 12.3. The first-order valence-electron chi connectivity index (χ1n) is 7.01. The van der Waals surface area contributed by atoms with Crippen molar-refractivity contribution in [2.75, 3.05) is 32.1 Å². The molecule has 1 unspecified atom stereocenters. The fourth-order valence-corrected chi connectivity index (χ4v) is 3.92. The van der Waals surface area contributed by atoms with E-state index in [0.717, 1.165) is 0 Å². The molecule has 0 aliphatic carbocycles. The molecule has 1 aromatic rings. The van der Waals surface area contributed by atoms with E-state index in [9.17, 15) is 13.2 Å². The third kappa shape index (κ3) is 4.42. The largest absolute Gasteiger partial charge is 0.378 e. The van der Waals surface area contributed by atoms with Crippen molar-refractivity contribution >= 4 is 27.5 Å². The molecule has 6 nitrogen and oxygen atoms in total. The van der Waals surface area contributed by atoms with E-state index < -0.39 is 10.0 Å². The first-order valence-corrected chi connectivity index (χ1v) is 9.00. The summed E-state index contributed by atoms with van der Waals surface area (Å²) in [6, 6.07) is 6.24. The third-order valence-corrected chi connectivity index (χ3v) is 5.65. The Morgan fingerprint density at radius 3 is 2.73 bits per heavy atom. The van der Waals surface area contributed by atoms with Gasteiger partial charge in [-0.25, -0.2) is 8.42 Å². The van der Waals surface area contributed by atoms with Crippen LogP contribution in [0.2, 0.25) is 5.02 Å². The molecule has 2 rings (SSSR count). The number of sulfonamides is 1. The molecular formula is C14H19ClN2O4S. The van der Waals surface area contributed by atoms with Crippen LogP contribution in [0.4, 0.5) is 0 Å². The van der Waals surface area contributed by atoms with Gasteiger partial charge in [-0.3, -0.25) is 4.79 Å². The van der Waals surface area contributed by atoms with Gasteiger partial charge in [0.15, 0.2) is 0 Å². The Morgan fingerprint density at radius 2 is 2.09 bits per heavy atom. The van der Waals surface area contributed by atoms with Crippen molar-refractivity contribution in [2.24, 2.45) is 0 Å². The lowest BCUT2D eigenvalue weighted by Gasteiger charge is -2.32. The van der Waals surface area contributed by atoms with Crippen LogP contribution in [0.5, 0.6) is 0 Å². The molecule has 1 N–H and O–H groups in total. The number of hydrogen-bond acceptors (Lipinski definition) is 4. The standard InChI is InChI=1S/C14H19ClN2O4S/c1-11-10-21-8-7-17(11)22(19,20)9-6-16-14(18)12-2-4-13(15)5-3-12/h2-5,11H,6-10H2,1H3,(H,16,18). The Balaban J connectivity index is 1.87. The Kier molecular flexibility index (Phi) is 5.80. The van der Waals surface area contributed by atoms with E-state index in [1.807, 2.05) is 6.92 Å². The van der Waals surface area contributed by atoms with Gasteiger partial charge in [0, 0.05) is 29.7 Å². The van der Waals surface area contributed by atoms with Gasteiger partial charge in [0.1, 0.15) is 0 Å². The first kappa shape index (κ1) is 17.2. The number of carbonyl (C=O) groups excluding carboxylic acids is 1. The number of ether oxygens (including phenoxy) is 1. The van der Waals surface area contributed by atoms with E-state index in [1.54, 1.807) is 24.3 Å². The zero-order valence-electron chi connectivity index (χ0n) is 12.3. The average Bonchev–Trinajstić information content (AvgIpc) is 2.48. The van der Waals surface area contributed by atoms with Gasteiger partial charge in [0.05, 0.1) is 19.0 Å². The van der Waals surface area contributed by atoms with Gasteiger partial charge in [-0.1, -0.05) is 11.6 Å². The van der Waals surface area contributed by atoms with Gasteiger partial charge in [-0.05, 0) is 31.2 Å². The van der Waals surface area contributed by atoms with Crippen molar-refractivity contribution in [1.29, 1.82) is 0 Å². The molecule has 0 spiro atoms. The molecule has 1 aliphatic heterocycles. The molecule has 0 saturated carbocycles. The summed E-state index contributed by atoms with van der Waals surface area (Å²) in [4.78, 5) is 11.9. The smallest absolute Gasteiger partial charge is 0.251 e. The van der Waals surface area contributed by atoms with Gasteiger partial charge in [-0.15, -0.1) is 0 Å². The second kappa shape index (κ2) is 7.41. The SMILES string of the molecule is CC1COCCN1S(=O)(=O)CCNC(=O)c1ccc(Cl)cc1. The Hall–Kier alpha value is -1.15. The topological polar surface area (TPSA) is 75.7 Å². The van der Waals surface area contributed by atoms with Crippen molar-refractivity contribution in [3.8, 4) is 0 Å². The number of nitrogens with one attached hydrogen (secondary N) is 1. The van der Waals surface area contributed by atoms with Crippen LogP contribution in [0, 0.1) is 0 Å². The van der Waals surface area contributed by atoms with Crippen LogP contribution in [-0.4, -0.2) is 56.7 Å². The predicted molar refractivity (Wildman–Crippen MR) is 84.6 cm³/mol. The third-order valence-electron chi connectivity index (χ3n) is 3.42. The van der Waals surface area contributed by atoms with Crippen LogP contribution in [0.1, 0.15) is 17.3 Å². The molecule has 1 fully saturated rings. The van der Waals surface area contributed by atoms with Gasteiger partial charge >= 0.3 is 0 Å². The summed E-state index contributed by atoms with van der Waals surface area (Å²) in [6.45, 7) is 3.03. The van der Waals surface area contributed by atoms with Crippen LogP contribution < -0.4 is 5.32 Å². The van der Waals surface area contributed by atoms with Crippen molar-refractivity contribution in [2.45, 2.75) is 13.0 Å². The predicted octanol–water partition coefficient (Wildman–Crippen LogP) is 1.12. The van der Waals surface area contributed by atoms with E-state index in [4.69, 9.17) is 16.3 Å². The number of morpholine rings is 1. The zero-order valence-corrected chi connectivity index (χ0v) is 13.9. The van der Waals surface area contributed by atoms with Crippen LogP contribution in [0.3, 0.4) is 0 Å². The molecule has 1 amide bonds. The highest BCUT2D eigenvalue weighted by Crippen LogP contribution is 2.12. The normalized spacial score (nSPS) is 19.8. The van der Waals surface area contributed by atoms with Crippen LogP contribution in [0.15, 0.2) is 24.3 Å². The number of carbonyl (C=O) groups is 1. The summed E-state index contributed by atoms with van der Waals surface area (Å²) >= 11 is 5.75. The summed E-state index contributed by atoms with van der Waals surface area (Å²) in [5.74, 6) is -0.446. The molecule has 1 heterocycles. The Bertz CT molecular complexity index is 618. The molecule has 8 heteroatoms. The minimum absolute atomic E-state index is 0.0634. The number of amides is 1. The van der Waals surface area contributed by atoms with Crippen LogP contribution in [0.25, 0.3) is 0 Å². The van der Waals surface area contributed by atoms with Crippen LogP contribution >= 0.6 is 11.6 Å². The average molecular weight is 347 g/mol.